The van der Waals surface area contributed by atoms with Gasteiger partial charge in [0.05, 0.1) is 5.56 Å². The Hall–Kier alpha value is -2.13. The van der Waals surface area contributed by atoms with Crippen LogP contribution in [0.3, 0.4) is 0 Å². The summed E-state index contributed by atoms with van der Waals surface area (Å²) in [6, 6.07) is 17.5. The fourth-order valence-corrected chi connectivity index (χ4v) is 6.54. The second-order valence-electron chi connectivity index (χ2n) is 8.88. The number of nitrogens with two attached hydrogens (primary N) is 1. The van der Waals surface area contributed by atoms with Crippen LogP contribution in [0.1, 0.15) is 70.1 Å². The van der Waals surface area contributed by atoms with Crippen molar-refractivity contribution in [1.29, 1.82) is 0 Å². The van der Waals surface area contributed by atoms with E-state index in [4.69, 9.17) is 5.73 Å². The molecule has 4 atom stereocenters. The van der Waals surface area contributed by atoms with Gasteiger partial charge in [0.15, 0.2) is 0 Å². The number of nitrogens with zero attached hydrogens (tertiary/aromatic N) is 1. The average Bonchev–Trinajstić information content (AvgIpc) is 3.29. The summed E-state index contributed by atoms with van der Waals surface area (Å²) < 4.78 is 2.58. The largest absolute Gasteiger partial charge is 0.293 e. The van der Waals surface area contributed by atoms with Crippen molar-refractivity contribution in [3.8, 4) is 0 Å². The number of aryl methyl sites for hydroxylation is 1. The fourth-order valence-electron chi connectivity index (χ4n) is 6.54. The van der Waals surface area contributed by atoms with E-state index in [1.165, 1.54) is 22.5 Å². The summed E-state index contributed by atoms with van der Waals surface area (Å²) >= 11 is 0. The molecule has 0 aromatic heterocycles. The van der Waals surface area contributed by atoms with Crippen molar-refractivity contribution < 1.29 is 4.58 Å². The number of hydrogen-bond acceptors (Lipinski definition) is 2. The molecule has 1 saturated carbocycles. The first-order chi connectivity index (χ1) is 14.0. The van der Waals surface area contributed by atoms with E-state index in [0.29, 0.717) is 5.92 Å². The smallest absolute Gasteiger partial charge is 0.284 e. The minimum atomic E-state index is 0.00991. The highest BCUT2D eigenvalue weighted by atomic mass is 15.3. The number of anilines is 1. The Morgan fingerprint density at radius 3 is 2.38 bits per heavy atom. The van der Waals surface area contributed by atoms with Crippen molar-refractivity contribution in [3.05, 3.63) is 65.2 Å². The second-order valence-corrected chi connectivity index (χ2v) is 8.88. The van der Waals surface area contributed by atoms with Crippen LogP contribution >= 0.6 is 0 Å². The molecule has 3 N–H and O–H groups in total. The van der Waals surface area contributed by atoms with Gasteiger partial charge in [-0.05, 0) is 43.0 Å². The molecule has 0 saturated heterocycles. The van der Waals surface area contributed by atoms with E-state index in [-0.39, 0.29) is 17.1 Å². The van der Waals surface area contributed by atoms with E-state index < -0.39 is 0 Å². The summed E-state index contributed by atoms with van der Waals surface area (Å²) in [5.41, 5.74) is 12.4. The maximum Gasteiger partial charge on any atom is 0.284 e. The normalized spacial score (nSPS) is 28.6. The van der Waals surface area contributed by atoms with Gasteiger partial charge in [0.2, 0.25) is 0 Å². The zero-order chi connectivity index (χ0) is 20.8. The molecule has 2 aliphatic rings. The predicted molar refractivity (Wildman–Crippen MR) is 123 cm³/mol. The molecule has 1 heterocycles. The number of fused-ring (bicyclic) bond motifs is 3. The minimum Gasteiger partial charge on any atom is -0.293 e. The summed E-state index contributed by atoms with van der Waals surface area (Å²) in [5.74, 6) is 1.76. The number of amidine groups is 1. The van der Waals surface area contributed by atoms with Gasteiger partial charge in [-0.1, -0.05) is 70.5 Å². The third-order valence-corrected chi connectivity index (χ3v) is 7.89. The third kappa shape index (κ3) is 2.56. The Bertz CT molecular complexity index is 946. The van der Waals surface area contributed by atoms with Gasteiger partial charge in [-0.3, -0.25) is 5.73 Å². The summed E-state index contributed by atoms with van der Waals surface area (Å²) in [6.07, 6.45) is 4.34. The summed E-state index contributed by atoms with van der Waals surface area (Å²) in [5, 5.41) is 3.84. The van der Waals surface area contributed by atoms with Crippen molar-refractivity contribution in [2.24, 2.45) is 11.7 Å². The van der Waals surface area contributed by atoms with Crippen molar-refractivity contribution in [2.45, 2.75) is 77.4 Å². The van der Waals surface area contributed by atoms with Crippen molar-refractivity contribution in [3.63, 3.8) is 0 Å². The topological polar surface area (TPSA) is 41.1 Å². The first-order valence-electron chi connectivity index (χ1n) is 11.3. The fraction of sp³-hybridized carbons (Fsp3) is 0.500. The number of nitrogens with one attached hydrogen (secondary N) is 1. The Kier molecular flexibility index (Phi) is 5.06. The third-order valence-electron chi connectivity index (χ3n) is 7.89. The van der Waals surface area contributed by atoms with Crippen LogP contribution in [0, 0.1) is 12.8 Å². The van der Waals surface area contributed by atoms with Gasteiger partial charge in [-0.25, -0.2) is 9.89 Å². The van der Waals surface area contributed by atoms with Crippen LogP contribution in [0.15, 0.2) is 48.5 Å². The van der Waals surface area contributed by atoms with Gasteiger partial charge in [-0.15, -0.1) is 0 Å². The molecule has 1 aliphatic carbocycles. The van der Waals surface area contributed by atoms with E-state index in [0.717, 1.165) is 31.4 Å². The molecule has 1 fully saturated rings. The zero-order valence-corrected chi connectivity index (χ0v) is 18.6. The molecule has 2 aromatic rings. The van der Waals surface area contributed by atoms with Crippen molar-refractivity contribution >= 4 is 11.5 Å². The quantitative estimate of drug-likeness (QED) is 0.647. The molecular formula is C26H36N3+. The van der Waals surface area contributed by atoms with Gasteiger partial charge in [0.1, 0.15) is 17.4 Å². The molecule has 0 bridgehead atoms. The molecule has 0 spiro atoms. The van der Waals surface area contributed by atoms with Crippen LogP contribution in [0.25, 0.3) is 0 Å². The monoisotopic (exact) mass is 390 g/mol. The first-order valence-corrected chi connectivity index (χ1v) is 11.3. The van der Waals surface area contributed by atoms with Crippen LogP contribution in [0.4, 0.5) is 5.69 Å². The second kappa shape index (κ2) is 7.28. The molecule has 1 aliphatic heterocycles. The summed E-state index contributed by atoms with van der Waals surface area (Å²) in [6.45, 7) is 11.5. The molecule has 4 rings (SSSR count). The van der Waals surface area contributed by atoms with Gasteiger partial charge in [0, 0.05) is 17.8 Å². The average molecular weight is 391 g/mol. The van der Waals surface area contributed by atoms with E-state index in [1.807, 2.05) is 0 Å². The lowest BCUT2D eigenvalue weighted by atomic mass is 9.80. The van der Waals surface area contributed by atoms with Gasteiger partial charge in [-0.2, -0.15) is 0 Å². The lowest BCUT2D eigenvalue weighted by Gasteiger charge is -2.35. The Morgan fingerprint density at radius 1 is 1.03 bits per heavy atom. The predicted octanol–water partition coefficient (Wildman–Crippen LogP) is 5.41. The van der Waals surface area contributed by atoms with Crippen molar-refractivity contribution in [1.82, 2.24) is 0 Å². The number of para-hydroxylation sites is 1. The molecule has 0 amide bonds. The van der Waals surface area contributed by atoms with Gasteiger partial charge in [0.25, 0.3) is 5.84 Å². The summed E-state index contributed by atoms with van der Waals surface area (Å²) in [7, 11) is 0. The van der Waals surface area contributed by atoms with E-state index in [9.17, 15) is 0 Å². The number of rotatable bonds is 6. The van der Waals surface area contributed by atoms with Crippen molar-refractivity contribution in [2.75, 3.05) is 5.32 Å². The van der Waals surface area contributed by atoms with E-state index in [1.54, 1.807) is 0 Å². The molecule has 3 heteroatoms. The number of benzene rings is 2. The number of hydrogen-bond donors (Lipinski definition) is 2. The highest BCUT2D eigenvalue weighted by Gasteiger charge is 2.80. The highest BCUT2D eigenvalue weighted by molar-refractivity contribution is 6.08. The van der Waals surface area contributed by atoms with Crippen LogP contribution < -0.4 is 11.1 Å². The van der Waals surface area contributed by atoms with Crippen LogP contribution in [-0.2, 0) is 5.41 Å². The molecule has 154 valence electrons. The lowest BCUT2D eigenvalue weighted by molar-refractivity contribution is -0.624. The molecule has 3 nitrogen and oxygen atoms in total. The molecule has 29 heavy (non-hydrogen) atoms. The molecule has 0 radical (unpaired) electrons. The molecule has 2 aromatic carbocycles. The molecular weight excluding hydrogens is 354 g/mol. The molecule has 4 unspecified atom stereocenters. The highest BCUT2D eigenvalue weighted by Crippen LogP contribution is 2.70. The van der Waals surface area contributed by atoms with E-state index in [2.05, 4.69) is 93.0 Å². The first kappa shape index (κ1) is 20.2. The summed E-state index contributed by atoms with van der Waals surface area (Å²) in [4.78, 5) is 0. The van der Waals surface area contributed by atoms with Crippen LogP contribution in [0.5, 0.6) is 0 Å². The SMILES string of the molecule is CCCC(N)[N+]1=C(Nc2ccccc2C)c2ccccc2C2(CC)C(C)C12CC. The maximum absolute atomic E-state index is 6.92. The maximum atomic E-state index is 6.92. The Morgan fingerprint density at radius 2 is 1.72 bits per heavy atom. The van der Waals surface area contributed by atoms with Gasteiger partial charge >= 0.3 is 0 Å². The lowest BCUT2D eigenvalue weighted by Crippen LogP contribution is -2.54. The minimum absolute atomic E-state index is 0.00991. The van der Waals surface area contributed by atoms with E-state index >= 15 is 0 Å². The Balaban J connectivity index is 2.00. The standard InChI is InChI=1S/C26H35N3/c1-6-13-23(27)29-24(28-22-17-12-9-14-18(22)4)20-15-10-11-16-21(20)25(7-2)19(5)26(25,29)8-3/h9-12,14-17,19,23H,6-8,13,27H2,1-5H3/p+1. The zero-order valence-electron chi connectivity index (χ0n) is 18.6. The Labute approximate surface area is 176 Å². The van der Waals surface area contributed by atoms with Crippen LogP contribution in [0.2, 0.25) is 0 Å². The van der Waals surface area contributed by atoms with Gasteiger partial charge < -0.3 is 0 Å². The van der Waals surface area contributed by atoms with Crippen LogP contribution in [-0.4, -0.2) is 22.1 Å².